The summed E-state index contributed by atoms with van der Waals surface area (Å²) in [6.45, 7) is 0.944. The van der Waals surface area contributed by atoms with Crippen molar-refractivity contribution in [1.82, 2.24) is 4.57 Å². The second kappa shape index (κ2) is 3.27. The number of ketones is 2. The number of Topliss-reactive ketones (excluding diaryl/α,β-unsaturated/α-hetero) is 2. The van der Waals surface area contributed by atoms with E-state index in [2.05, 4.69) is 5.32 Å². The highest BCUT2D eigenvalue weighted by molar-refractivity contribution is 14.1. The molecule has 1 aliphatic carbocycles. The molecule has 2 aliphatic rings. The molecule has 1 aliphatic heterocycles. The van der Waals surface area contributed by atoms with Crippen LogP contribution in [-0.2, 0) is 18.3 Å². The van der Waals surface area contributed by atoms with E-state index in [-0.39, 0.29) is 11.6 Å². The van der Waals surface area contributed by atoms with Gasteiger partial charge in [-0.05, 0) is 28.2 Å². The van der Waals surface area contributed by atoms with Crippen LogP contribution in [0.15, 0.2) is 9.78 Å². The van der Waals surface area contributed by atoms with Crippen LogP contribution in [-0.4, -0.2) is 22.7 Å². The lowest BCUT2D eigenvalue weighted by atomic mass is 9.93. The summed E-state index contributed by atoms with van der Waals surface area (Å²) in [6.07, 6.45) is 2.93. The SMILES string of the molecule is Cn1cc2c3c1C(=O)C(=O)C(I)=C3[NH2+]CC2. The molecule has 0 unspecified atom stereocenters. The zero-order chi connectivity index (χ0) is 11.4. The zero-order valence-corrected chi connectivity index (χ0v) is 10.9. The second-order valence-corrected chi connectivity index (χ2v) is 5.20. The molecular formula is C11H10IN2O2+. The fourth-order valence-electron chi connectivity index (χ4n) is 2.46. The van der Waals surface area contributed by atoms with Crippen molar-refractivity contribution in [2.75, 3.05) is 6.54 Å². The van der Waals surface area contributed by atoms with Crippen LogP contribution in [0.4, 0.5) is 0 Å². The molecule has 82 valence electrons. The predicted molar refractivity (Wildman–Crippen MR) is 66.2 cm³/mol. The van der Waals surface area contributed by atoms with E-state index in [9.17, 15) is 9.59 Å². The van der Waals surface area contributed by atoms with E-state index in [4.69, 9.17) is 0 Å². The van der Waals surface area contributed by atoms with Crippen LogP contribution in [0.5, 0.6) is 0 Å². The Bertz CT molecular complexity index is 569. The van der Waals surface area contributed by atoms with Crippen LogP contribution in [0.2, 0.25) is 0 Å². The molecule has 1 aromatic rings. The first-order valence-electron chi connectivity index (χ1n) is 5.12. The number of allylic oxidation sites excluding steroid dienone is 1. The van der Waals surface area contributed by atoms with Gasteiger partial charge < -0.3 is 9.88 Å². The van der Waals surface area contributed by atoms with Gasteiger partial charge in [-0.25, -0.2) is 0 Å². The summed E-state index contributed by atoms with van der Waals surface area (Å²) in [4.78, 5) is 23.7. The van der Waals surface area contributed by atoms with Crippen LogP contribution in [0, 0.1) is 0 Å². The van der Waals surface area contributed by atoms with Crippen molar-refractivity contribution in [1.29, 1.82) is 0 Å². The Balaban J connectivity index is 2.41. The van der Waals surface area contributed by atoms with E-state index in [1.807, 2.05) is 35.8 Å². The lowest BCUT2D eigenvalue weighted by Gasteiger charge is -2.19. The molecule has 0 saturated heterocycles. The number of rotatable bonds is 0. The summed E-state index contributed by atoms with van der Waals surface area (Å²) in [5.41, 5.74) is 3.70. The Labute approximate surface area is 106 Å². The van der Waals surface area contributed by atoms with Crippen molar-refractivity contribution in [3.05, 3.63) is 26.6 Å². The third-order valence-electron chi connectivity index (χ3n) is 3.15. The van der Waals surface area contributed by atoms with Gasteiger partial charge >= 0.3 is 0 Å². The van der Waals surface area contributed by atoms with E-state index in [0.717, 1.165) is 24.2 Å². The number of nitrogens with zero attached hydrogens (tertiary/aromatic N) is 1. The normalized spacial score (nSPS) is 19.1. The van der Waals surface area contributed by atoms with E-state index < -0.39 is 0 Å². The van der Waals surface area contributed by atoms with Crippen LogP contribution >= 0.6 is 22.6 Å². The first-order valence-corrected chi connectivity index (χ1v) is 6.19. The van der Waals surface area contributed by atoms with Gasteiger partial charge in [-0.2, -0.15) is 0 Å². The third kappa shape index (κ3) is 1.12. The lowest BCUT2D eigenvalue weighted by Crippen LogP contribution is -2.83. The molecule has 2 heterocycles. The first kappa shape index (κ1) is 10.2. The summed E-state index contributed by atoms with van der Waals surface area (Å²) < 4.78 is 2.36. The van der Waals surface area contributed by atoms with Crippen LogP contribution in [0.3, 0.4) is 0 Å². The Kier molecular flexibility index (Phi) is 2.09. The number of carbonyl (C=O) groups is 2. The van der Waals surface area contributed by atoms with Gasteiger partial charge in [0.1, 0.15) is 9.27 Å². The summed E-state index contributed by atoms with van der Waals surface area (Å²) in [7, 11) is 1.83. The molecule has 0 amide bonds. The van der Waals surface area contributed by atoms with Gasteiger partial charge in [0.05, 0.1) is 12.1 Å². The molecule has 0 saturated carbocycles. The largest absolute Gasteiger partial charge is 0.347 e. The molecule has 0 radical (unpaired) electrons. The molecule has 2 N–H and O–H groups in total. The molecule has 0 atom stereocenters. The highest BCUT2D eigenvalue weighted by atomic mass is 127. The van der Waals surface area contributed by atoms with Crippen molar-refractivity contribution < 1.29 is 14.9 Å². The van der Waals surface area contributed by atoms with Crippen molar-refractivity contribution in [3.63, 3.8) is 0 Å². The lowest BCUT2D eigenvalue weighted by molar-refractivity contribution is -0.564. The van der Waals surface area contributed by atoms with E-state index in [1.165, 1.54) is 5.56 Å². The van der Waals surface area contributed by atoms with E-state index in [0.29, 0.717) is 9.27 Å². The number of quaternary nitrogens is 1. The summed E-state index contributed by atoms with van der Waals surface area (Å²) in [6, 6.07) is 0. The van der Waals surface area contributed by atoms with Gasteiger partial charge in [0, 0.05) is 19.7 Å². The third-order valence-corrected chi connectivity index (χ3v) is 4.22. The molecule has 1 aromatic heterocycles. The molecule has 0 spiro atoms. The molecule has 0 aromatic carbocycles. The maximum atomic E-state index is 11.9. The van der Waals surface area contributed by atoms with Crippen LogP contribution in [0.25, 0.3) is 5.70 Å². The standard InChI is InChI=1S/C11H9IN2O2/c1-14-4-5-2-3-13-8-6(5)9(14)11(16)10(15)7(8)12/h4,13H,2-3H2,1H3/p+1. The fourth-order valence-corrected chi connectivity index (χ4v) is 3.19. The summed E-state index contributed by atoms with van der Waals surface area (Å²) >= 11 is 1.99. The van der Waals surface area contributed by atoms with E-state index in [1.54, 1.807) is 4.57 Å². The number of hydrogen-bond acceptors (Lipinski definition) is 2. The van der Waals surface area contributed by atoms with Crippen LogP contribution in [0.1, 0.15) is 21.6 Å². The highest BCUT2D eigenvalue weighted by Gasteiger charge is 2.39. The highest BCUT2D eigenvalue weighted by Crippen LogP contribution is 2.33. The van der Waals surface area contributed by atoms with E-state index >= 15 is 0 Å². The Morgan fingerprint density at radius 2 is 2.12 bits per heavy atom. The number of nitrogens with two attached hydrogens (primary N) is 1. The number of carbonyl (C=O) groups excluding carboxylic acids is 2. The van der Waals surface area contributed by atoms with Gasteiger partial charge in [-0.1, -0.05) is 0 Å². The summed E-state index contributed by atoms with van der Waals surface area (Å²) in [5, 5.41) is 2.07. The first-order chi connectivity index (χ1) is 7.61. The van der Waals surface area contributed by atoms with Gasteiger partial charge in [0.25, 0.3) is 5.78 Å². The second-order valence-electron chi connectivity index (χ2n) is 4.12. The van der Waals surface area contributed by atoms with Crippen molar-refractivity contribution >= 4 is 39.9 Å². The molecule has 5 heteroatoms. The summed E-state index contributed by atoms with van der Waals surface area (Å²) in [5.74, 6) is -0.735. The average molecular weight is 329 g/mol. The molecular weight excluding hydrogens is 319 g/mol. The van der Waals surface area contributed by atoms with Crippen molar-refractivity contribution in [2.45, 2.75) is 6.42 Å². The van der Waals surface area contributed by atoms with Crippen LogP contribution < -0.4 is 5.32 Å². The van der Waals surface area contributed by atoms with Gasteiger partial charge in [-0.3, -0.25) is 9.59 Å². The minimum atomic E-state index is -0.368. The molecule has 16 heavy (non-hydrogen) atoms. The number of hydrogen-bond donors (Lipinski definition) is 1. The number of halogens is 1. The monoisotopic (exact) mass is 329 g/mol. The maximum Gasteiger partial charge on any atom is 0.251 e. The zero-order valence-electron chi connectivity index (χ0n) is 8.71. The Morgan fingerprint density at radius 1 is 1.38 bits per heavy atom. The van der Waals surface area contributed by atoms with Crippen molar-refractivity contribution in [3.8, 4) is 0 Å². The molecule has 3 rings (SSSR count). The van der Waals surface area contributed by atoms with Gasteiger partial charge in [0.2, 0.25) is 5.78 Å². The van der Waals surface area contributed by atoms with Gasteiger partial charge in [-0.15, -0.1) is 0 Å². The Hall–Kier alpha value is -0.950. The Morgan fingerprint density at radius 3 is 2.88 bits per heavy atom. The molecule has 0 bridgehead atoms. The predicted octanol–water partition coefficient (Wildman–Crippen LogP) is 0.0136. The number of aromatic nitrogens is 1. The van der Waals surface area contributed by atoms with Gasteiger partial charge in [0.15, 0.2) is 5.70 Å². The fraction of sp³-hybridized carbons (Fsp3) is 0.273. The quantitative estimate of drug-likeness (QED) is 0.539. The smallest absolute Gasteiger partial charge is 0.251 e. The minimum Gasteiger partial charge on any atom is -0.347 e. The molecule has 0 fully saturated rings. The average Bonchev–Trinajstić information content (AvgIpc) is 2.60. The van der Waals surface area contributed by atoms with Crippen molar-refractivity contribution in [2.24, 2.45) is 7.05 Å². The topological polar surface area (TPSA) is 55.7 Å². The molecule has 4 nitrogen and oxygen atoms in total. The minimum absolute atomic E-state index is 0.367. The maximum absolute atomic E-state index is 11.9. The number of aryl methyl sites for hydroxylation is 1.